The van der Waals surface area contributed by atoms with Crippen LogP contribution < -0.4 is 4.74 Å². The lowest BCUT2D eigenvalue weighted by atomic mass is 9.86. The average Bonchev–Trinajstić information content (AvgIpc) is 2.60. The maximum Gasteiger partial charge on any atom is 0.233 e. The van der Waals surface area contributed by atoms with Crippen LogP contribution in [0.5, 0.6) is 5.88 Å². The number of rotatable bonds is 3. The molecule has 0 amide bonds. The number of halogens is 1. The molecule has 4 heterocycles. The van der Waals surface area contributed by atoms with Crippen molar-refractivity contribution in [2.24, 2.45) is 5.92 Å². The van der Waals surface area contributed by atoms with Gasteiger partial charge in [0, 0.05) is 18.2 Å². The Morgan fingerprint density at radius 2 is 1.83 bits per heavy atom. The van der Waals surface area contributed by atoms with Crippen molar-refractivity contribution in [2.75, 3.05) is 19.6 Å². The summed E-state index contributed by atoms with van der Waals surface area (Å²) >= 11 is 0. The first-order chi connectivity index (χ1) is 11.6. The predicted molar refractivity (Wildman–Crippen MR) is 90.5 cm³/mol. The highest BCUT2D eigenvalue weighted by atomic mass is 19.1. The molecule has 3 saturated heterocycles. The lowest BCUT2D eigenvalue weighted by Crippen LogP contribution is -2.52. The zero-order valence-electron chi connectivity index (χ0n) is 14.1. The number of hydrogen-bond acceptors (Lipinski definition) is 4. The molecule has 2 aromatic rings. The highest BCUT2D eigenvalue weighted by Crippen LogP contribution is 2.30. The quantitative estimate of drug-likeness (QED) is 0.866. The molecule has 126 valence electrons. The molecule has 0 saturated carbocycles. The van der Waals surface area contributed by atoms with E-state index in [1.165, 1.54) is 25.9 Å². The molecular weight excluding hydrogens is 305 g/mol. The van der Waals surface area contributed by atoms with E-state index in [0.717, 1.165) is 17.7 Å². The molecule has 5 rings (SSSR count). The lowest BCUT2D eigenvalue weighted by molar-refractivity contribution is -0.0103. The number of aryl methyl sites for hydroxylation is 2. The topological polar surface area (TPSA) is 38.2 Å². The zero-order valence-corrected chi connectivity index (χ0v) is 14.1. The number of ether oxygens (including phenoxy) is 1. The smallest absolute Gasteiger partial charge is 0.233 e. The van der Waals surface area contributed by atoms with Gasteiger partial charge in [0.05, 0.1) is 5.69 Å². The zero-order chi connectivity index (χ0) is 16.7. The third-order valence-electron chi connectivity index (χ3n) is 5.37. The van der Waals surface area contributed by atoms with Gasteiger partial charge in [0.25, 0.3) is 0 Å². The van der Waals surface area contributed by atoms with E-state index >= 15 is 0 Å². The van der Waals surface area contributed by atoms with Gasteiger partial charge in [-0.2, -0.15) is 0 Å². The Bertz CT molecular complexity index is 739. The van der Waals surface area contributed by atoms with Crippen LogP contribution in [-0.4, -0.2) is 40.8 Å². The summed E-state index contributed by atoms with van der Waals surface area (Å²) in [5, 5.41) is 8.35. The van der Waals surface area contributed by atoms with Crippen LogP contribution in [-0.2, 0) is 0 Å². The second kappa shape index (κ2) is 6.13. The van der Waals surface area contributed by atoms with Gasteiger partial charge in [-0.3, -0.25) is 4.90 Å². The van der Waals surface area contributed by atoms with E-state index in [0.29, 0.717) is 23.1 Å². The minimum Gasteiger partial charge on any atom is -0.472 e. The van der Waals surface area contributed by atoms with E-state index in [1.54, 1.807) is 18.2 Å². The molecule has 3 fully saturated rings. The molecule has 3 aliphatic heterocycles. The number of benzene rings is 1. The fourth-order valence-corrected chi connectivity index (χ4v) is 3.70. The van der Waals surface area contributed by atoms with Crippen LogP contribution in [0.1, 0.15) is 24.0 Å². The van der Waals surface area contributed by atoms with Gasteiger partial charge in [0.2, 0.25) is 5.88 Å². The van der Waals surface area contributed by atoms with Crippen molar-refractivity contribution in [1.29, 1.82) is 0 Å². The monoisotopic (exact) mass is 327 g/mol. The molecule has 3 aliphatic rings. The van der Waals surface area contributed by atoms with Gasteiger partial charge in [-0.05, 0) is 75.0 Å². The highest BCUT2D eigenvalue weighted by Gasteiger charge is 2.35. The van der Waals surface area contributed by atoms with Crippen molar-refractivity contribution in [3.8, 4) is 17.1 Å². The van der Waals surface area contributed by atoms with Gasteiger partial charge in [-0.25, -0.2) is 4.39 Å². The molecule has 5 heteroatoms. The normalized spacial score (nSPS) is 25.7. The van der Waals surface area contributed by atoms with Crippen LogP contribution >= 0.6 is 0 Å². The molecule has 0 spiro atoms. The number of nitrogens with zero attached hydrogens (tertiary/aromatic N) is 3. The summed E-state index contributed by atoms with van der Waals surface area (Å²) in [6, 6.07) is 6.96. The van der Waals surface area contributed by atoms with E-state index in [-0.39, 0.29) is 11.9 Å². The highest BCUT2D eigenvalue weighted by molar-refractivity contribution is 5.61. The summed E-state index contributed by atoms with van der Waals surface area (Å²) in [5.74, 6) is 0.883. The van der Waals surface area contributed by atoms with E-state index in [1.807, 2.05) is 19.9 Å². The van der Waals surface area contributed by atoms with Crippen molar-refractivity contribution in [1.82, 2.24) is 15.1 Å². The Balaban J connectivity index is 1.52. The fraction of sp³-hybridized carbons (Fsp3) is 0.474. The first-order valence-corrected chi connectivity index (χ1v) is 8.60. The largest absolute Gasteiger partial charge is 0.472 e. The predicted octanol–water partition coefficient (Wildman–Crippen LogP) is 3.37. The Kier molecular flexibility index (Phi) is 3.96. The lowest BCUT2D eigenvalue weighted by Gasteiger charge is -2.44. The van der Waals surface area contributed by atoms with Gasteiger partial charge < -0.3 is 4.74 Å². The molecule has 1 atom stereocenters. The summed E-state index contributed by atoms with van der Waals surface area (Å²) < 4.78 is 20.2. The molecule has 1 unspecified atom stereocenters. The first kappa shape index (κ1) is 15.5. The SMILES string of the molecule is Cc1cc(F)c(-c2ccc(OC3CN4CCC3CC4)nn2)cc1C. The third-order valence-corrected chi connectivity index (χ3v) is 5.37. The van der Waals surface area contributed by atoms with Crippen molar-refractivity contribution < 1.29 is 9.13 Å². The average molecular weight is 327 g/mol. The summed E-state index contributed by atoms with van der Waals surface area (Å²) in [4.78, 5) is 2.44. The maximum absolute atomic E-state index is 14.2. The standard InChI is InChI=1S/C19H22FN3O/c1-12-9-15(16(20)10-13(12)2)17-3-4-19(22-21-17)24-18-11-23-7-5-14(18)6-8-23/h3-4,9-10,14,18H,5-8,11H2,1-2H3. The summed E-state index contributed by atoms with van der Waals surface area (Å²) in [6.45, 7) is 7.21. The van der Waals surface area contributed by atoms with Crippen molar-refractivity contribution in [3.05, 3.63) is 41.2 Å². The molecular formula is C19H22FN3O. The van der Waals surface area contributed by atoms with Crippen molar-refractivity contribution >= 4 is 0 Å². The molecule has 1 aromatic carbocycles. The van der Waals surface area contributed by atoms with Crippen LogP contribution in [0.25, 0.3) is 11.3 Å². The van der Waals surface area contributed by atoms with Gasteiger partial charge in [-0.15, -0.1) is 10.2 Å². The fourth-order valence-electron chi connectivity index (χ4n) is 3.70. The summed E-state index contributed by atoms with van der Waals surface area (Å²) in [5.41, 5.74) is 3.00. The molecule has 0 N–H and O–H groups in total. The molecule has 0 aliphatic carbocycles. The summed E-state index contributed by atoms with van der Waals surface area (Å²) in [6.07, 6.45) is 2.60. The number of hydrogen-bond donors (Lipinski definition) is 0. The van der Waals surface area contributed by atoms with E-state index in [2.05, 4.69) is 15.1 Å². The third kappa shape index (κ3) is 2.88. The Hall–Kier alpha value is -2.01. The van der Waals surface area contributed by atoms with E-state index < -0.39 is 0 Å². The van der Waals surface area contributed by atoms with Gasteiger partial charge in [0.1, 0.15) is 11.9 Å². The van der Waals surface area contributed by atoms with Crippen LogP contribution in [0.15, 0.2) is 24.3 Å². The van der Waals surface area contributed by atoms with Gasteiger partial charge in [-0.1, -0.05) is 0 Å². The maximum atomic E-state index is 14.2. The molecule has 4 nitrogen and oxygen atoms in total. The number of piperidine rings is 3. The molecule has 0 radical (unpaired) electrons. The van der Waals surface area contributed by atoms with E-state index in [9.17, 15) is 4.39 Å². The number of aromatic nitrogens is 2. The molecule has 1 aromatic heterocycles. The van der Waals surface area contributed by atoms with Crippen LogP contribution in [0, 0.1) is 25.6 Å². The minimum absolute atomic E-state index is 0.200. The Labute approximate surface area is 141 Å². The number of fused-ring (bicyclic) bond motifs is 3. The van der Waals surface area contributed by atoms with Crippen molar-refractivity contribution in [2.45, 2.75) is 32.8 Å². The molecule has 2 bridgehead atoms. The molecule has 24 heavy (non-hydrogen) atoms. The van der Waals surface area contributed by atoms with Gasteiger partial charge in [0.15, 0.2) is 0 Å². The van der Waals surface area contributed by atoms with Crippen molar-refractivity contribution in [3.63, 3.8) is 0 Å². The second-order valence-corrected chi connectivity index (χ2v) is 6.97. The minimum atomic E-state index is -0.265. The van der Waals surface area contributed by atoms with Crippen LogP contribution in [0.2, 0.25) is 0 Å². The first-order valence-electron chi connectivity index (χ1n) is 8.60. The second-order valence-electron chi connectivity index (χ2n) is 6.97. The Morgan fingerprint density at radius 3 is 2.46 bits per heavy atom. The van der Waals surface area contributed by atoms with Crippen LogP contribution in [0.4, 0.5) is 4.39 Å². The van der Waals surface area contributed by atoms with Gasteiger partial charge >= 0.3 is 0 Å². The van der Waals surface area contributed by atoms with Crippen LogP contribution in [0.3, 0.4) is 0 Å². The Morgan fingerprint density at radius 1 is 1.08 bits per heavy atom. The summed E-state index contributed by atoms with van der Waals surface area (Å²) in [7, 11) is 0. The van der Waals surface area contributed by atoms with E-state index in [4.69, 9.17) is 4.74 Å².